The van der Waals surface area contributed by atoms with Crippen molar-refractivity contribution in [2.75, 3.05) is 20.3 Å². The Bertz CT molecular complexity index is 203. The minimum atomic E-state index is -0.386. The van der Waals surface area contributed by atoms with Gasteiger partial charge in [0.05, 0.1) is 13.2 Å². The fourth-order valence-electron chi connectivity index (χ4n) is 1.84. The van der Waals surface area contributed by atoms with Gasteiger partial charge in [-0.2, -0.15) is 0 Å². The molecule has 0 heterocycles. The van der Waals surface area contributed by atoms with Crippen LogP contribution in [0.15, 0.2) is 0 Å². The van der Waals surface area contributed by atoms with Gasteiger partial charge >= 0.3 is 6.09 Å². The lowest BCUT2D eigenvalue weighted by molar-refractivity contribution is 0.0241. The summed E-state index contributed by atoms with van der Waals surface area (Å²) in [6, 6.07) is 0.362. The number of rotatable bonds is 5. The number of carbonyl (C=O) groups excluding carboxylic acids is 1. The van der Waals surface area contributed by atoms with E-state index in [2.05, 4.69) is 10.1 Å². The molecule has 0 aromatic heterocycles. The Balaban J connectivity index is 1.93. The highest BCUT2D eigenvalue weighted by Crippen LogP contribution is 2.19. The van der Waals surface area contributed by atoms with Crippen molar-refractivity contribution in [3.63, 3.8) is 0 Å². The fourth-order valence-corrected chi connectivity index (χ4v) is 1.84. The largest absolute Gasteiger partial charge is 0.453 e. The summed E-state index contributed by atoms with van der Waals surface area (Å²) in [5.74, 6) is 0. The zero-order valence-electron chi connectivity index (χ0n) is 9.91. The number of hydrogen-bond acceptors (Lipinski definition) is 4. The Morgan fingerprint density at radius 3 is 2.69 bits per heavy atom. The van der Waals surface area contributed by atoms with Crippen molar-refractivity contribution in [2.24, 2.45) is 5.73 Å². The number of carbonyl (C=O) groups is 1. The summed E-state index contributed by atoms with van der Waals surface area (Å²) in [6.45, 7) is 1.28. The van der Waals surface area contributed by atoms with Crippen LogP contribution in [0, 0.1) is 0 Å². The van der Waals surface area contributed by atoms with Crippen LogP contribution in [0.5, 0.6) is 0 Å². The van der Waals surface area contributed by atoms with Crippen LogP contribution < -0.4 is 11.1 Å². The molecular weight excluding hydrogens is 208 g/mol. The molecule has 3 N–H and O–H groups in total. The number of amides is 1. The summed E-state index contributed by atoms with van der Waals surface area (Å²) in [5, 5.41) is 2.62. The molecule has 5 heteroatoms. The minimum absolute atomic E-state index is 0.359. The van der Waals surface area contributed by atoms with Crippen molar-refractivity contribution in [3.05, 3.63) is 0 Å². The van der Waals surface area contributed by atoms with Crippen LogP contribution in [0.1, 0.15) is 32.1 Å². The minimum Gasteiger partial charge on any atom is -0.453 e. The number of alkyl carbamates (subject to hydrolysis) is 1. The van der Waals surface area contributed by atoms with Gasteiger partial charge in [0.2, 0.25) is 0 Å². The van der Waals surface area contributed by atoms with Crippen LogP contribution in [0.4, 0.5) is 4.79 Å². The maximum absolute atomic E-state index is 10.7. The lowest BCUT2D eigenvalue weighted by Crippen LogP contribution is -2.31. The van der Waals surface area contributed by atoms with Gasteiger partial charge in [-0.25, -0.2) is 4.79 Å². The molecule has 0 aromatic carbocycles. The molecule has 0 bridgehead atoms. The normalized spacial score (nSPS) is 25.1. The molecule has 1 aliphatic rings. The molecule has 0 spiro atoms. The van der Waals surface area contributed by atoms with Gasteiger partial charge in [-0.3, -0.25) is 0 Å². The first-order chi connectivity index (χ1) is 7.72. The maximum Gasteiger partial charge on any atom is 0.406 e. The number of ether oxygens (including phenoxy) is 2. The van der Waals surface area contributed by atoms with E-state index >= 15 is 0 Å². The lowest BCUT2D eigenvalue weighted by Gasteiger charge is -2.26. The van der Waals surface area contributed by atoms with E-state index in [4.69, 9.17) is 10.5 Å². The average Bonchev–Trinajstić information content (AvgIpc) is 2.31. The fraction of sp³-hybridized carbons (Fsp3) is 0.909. The first-order valence-electron chi connectivity index (χ1n) is 5.91. The van der Waals surface area contributed by atoms with Gasteiger partial charge in [0.1, 0.15) is 0 Å². The molecule has 5 nitrogen and oxygen atoms in total. The Labute approximate surface area is 96.7 Å². The van der Waals surface area contributed by atoms with Gasteiger partial charge in [-0.05, 0) is 32.1 Å². The summed E-state index contributed by atoms with van der Waals surface area (Å²) >= 11 is 0. The predicted octanol–water partition coefficient (Wildman–Crippen LogP) is 1.02. The molecule has 1 fully saturated rings. The second kappa shape index (κ2) is 7.46. The van der Waals surface area contributed by atoms with E-state index in [0.717, 1.165) is 32.1 Å². The SMILES string of the molecule is COC(=O)NCCCOC1CCC(N)CC1. The zero-order chi connectivity index (χ0) is 11.8. The first-order valence-corrected chi connectivity index (χ1v) is 5.91. The Kier molecular flexibility index (Phi) is 6.18. The molecule has 0 aromatic rings. The number of nitrogens with one attached hydrogen (secondary N) is 1. The van der Waals surface area contributed by atoms with Crippen LogP contribution in [0.25, 0.3) is 0 Å². The van der Waals surface area contributed by atoms with Crippen LogP contribution in [0.3, 0.4) is 0 Å². The molecular formula is C11H22N2O3. The Morgan fingerprint density at radius 2 is 2.06 bits per heavy atom. The van der Waals surface area contributed by atoms with Crippen LogP contribution in [-0.2, 0) is 9.47 Å². The van der Waals surface area contributed by atoms with Gasteiger partial charge < -0.3 is 20.5 Å². The molecule has 1 aliphatic carbocycles. The van der Waals surface area contributed by atoms with Crippen LogP contribution in [0.2, 0.25) is 0 Å². The second-order valence-electron chi connectivity index (χ2n) is 4.18. The van der Waals surface area contributed by atoms with Crippen LogP contribution >= 0.6 is 0 Å². The van der Waals surface area contributed by atoms with E-state index in [1.54, 1.807) is 0 Å². The summed E-state index contributed by atoms with van der Waals surface area (Å²) in [7, 11) is 1.36. The zero-order valence-corrected chi connectivity index (χ0v) is 9.91. The quantitative estimate of drug-likeness (QED) is 0.691. The summed E-state index contributed by atoms with van der Waals surface area (Å²) < 4.78 is 10.2. The van der Waals surface area contributed by atoms with Crippen LogP contribution in [-0.4, -0.2) is 38.5 Å². The van der Waals surface area contributed by atoms with E-state index in [1.165, 1.54) is 7.11 Å². The van der Waals surface area contributed by atoms with Crippen molar-refractivity contribution in [2.45, 2.75) is 44.2 Å². The van der Waals surface area contributed by atoms with E-state index in [1.807, 2.05) is 0 Å². The van der Waals surface area contributed by atoms with E-state index < -0.39 is 0 Å². The number of methoxy groups -OCH3 is 1. The highest BCUT2D eigenvalue weighted by Gasteiger charge is 2.18. The Hall–Kier alpha value is -0.810. The van der Waals surface area contributed by atoms with Crippen molar-refractivity contribution in [3.8, 4) is 0 Å². The summed E-state index contributed by atoms with van der Waals surface area (Å²) in [4.78, 5) is 10.7. The van der Waals surface area contributed by atoms with E-state index in [0.29, 0.717) is 25.3 Å². The molecule has 0 unspecified atom stereocenters. The standard InChI is InChI=1S/C11H22N2O3/c1-15-11(14)13-7-2-8-16-10-5-3-9(12)4-6-10/h9-10H,2-8,12H2,1H3,(H,13,14). The third kappa shape index (κ3) is 5.32. The molecule has 0 saturated heterocycles. The van der Waals surface area contributed by atoms with E-state index in [9.17, 15) is 4.79 Å². The molecule has 16 heavy (non-hydrogen) atoms. The summed E-state index contributed by atoms with van der Waals surface area (Å²) in [5.41, 5.74) is 5.80. The van der Waals surface area contributed by atoms with Gasteiger partial charge in [-0.15, -0.1) is 0 Å². The van der Waals surface area contributed by atoms with Crippen molar-refractivity contribution in [1.82, 2.24) is 5.32 Å². The molecule has 0 atom stereocenters. The maximum atomic E-state index is 10.7. The highest BCUT2D eigenvalue weighted by atomic mass is 16.5. The number of nitrogens with two attached hydrogens (primary N) is 1. The highest BCUT2D eigenvalue weighted by molar-refractivity contribution is 5.66. The lowest BCUT2D eigenvalue weighted by atomic mass is 9.94. The molecule has 94 valence electrons. The van der Waals surface area contributed by atoms with E-state index in [-0.39, 0.29) is 6.09 Å². The topological polar surface area (TPSA) is 73.6 Å². The third-order valence-corrected chi connectivity index (χ3v) is 2.85. The average molecular weight is 230 g/mol. The molecule has 1 saturated carbocycles. The van der Waals surface area contributed by atoms with Crippen molar-refractivity contribution < 1.29 is 14.3 Å². The van der Waals surface area contributed by atoms with Gasteiger partial charge in [0.15, 0.2) is 0 Å². The molecule has 0 aliphatic heterocycles. The van der Waals surface area contributed by atoms with Gasteiger partial charge in [0, 0.05) is 19.2 Å². The molecule has 1 rings (SSSR count). The first kappa shape index (κ1) is 13.3. The molecule has 0 radical (unpaired) electrons. The summed E-state index contributed by atoms with van der Waals surface area (Å²) in [6.07, 6.45) is 5.03. The number of hydrogen-bond donors (Lipinski definition) is 2. The van der Waals surface area contributed by atoms with Crippen molar-refractivity contribution in [1.29, 1.82) is 0 Å². The predicted molar refractivity (Wildman–Crippen MR) is 61.2 cm³/mol. The van der Waals surface area contributed by atoms with Gasteiger partial charge in [0.25, 0.3) is 0 Å². The van der Waals surface area contributed by atoms with Crippen molar-refractivity contribution >= 4 is 6.09 Å². The monoisotopic (exact) mass is 230 g/mol. The Morgan fingerprint density at radius 1 is 1.38 bits per heavy atom. The van der Waals surface area contributed by atoms with Gasteiger partial charge in [-0.1, -0.05) is 0 Å². The third-order valence-electron chi connectivity index (χ3n) is 2.85. The second-order valence-corrected chi connectivity index (χ2v) is 4.18. The smallest absolute Gasteiger partial charge is 0.406 e. The molecule has 1 amide bonds.